The molecule has 0 amide bonds. The van der Waals surface area contributed by atoms with E-state index >= 15 is 0 Å². The van der Waals surface area contributed by atoms with Gasteiger partial charge in [0.2, 0.25) is 5.88 Å². The molecular weight excluding hydrogens is 202 g/mol. The second kappa shape index (κ2) is 4.39. The van der Waals surface area contributed by atoms with Crippen molar-refractivity contribution < 1.29 is 9.47 Å². The molecule has 0 bridgehead atoms. The molecule has 0 saturated carbocycles. The first kappa shape index (κ1) is 10.7. The zero-order valence-electron chi connectivity index (χ0n) is 9.73. The van der Waals surface area contributed by atoms with Gasteiger partial charge in [0, 0.05) is 11.6 Å². The zero-order chi connectivity index (χ0) is 11.5. The third-order valence-corrected chi connectivity index (χ3v) is 2.26. The number of benzene rings is 1. The van der Waals surface area contributed by atoms with E-state index < -0.39 is 0 Å². The molecule has 3 nitrogen and oxygen atoms in total. The summed E-state index contributed by atoms with van der Waals surface area (Å²) < 4.78 is 10.8. The van der Waals surface area contributed by atoms with Gasteiger partial charge in [0.25, 0.3) is 0 Å². The zero-order valence-corrected chi connectivity index (χ0v) is 9.73. The second-order valence-electron chi connectivity index (χ2n) is 3.87. The predicted octanol–water partition coefficient (Wildman–Crippen LogP) is 3.03. The van der Waals surface area contributed by atoms with Crippen molar-refractivity contribution in [2.24, 2.45) is 0 Å². The summed E-state index contributed by atoms with van der Waals surface area (Å²) in [6.07, 6.45) is 1.92. The van der Waals surface area contributed by atoms with Gasteiger partial charge in [-0.05, 0) is 43.5 Å². The van der Waals surface area contributed by atoms with Crippen LogP contribution in [0.2, 0.25) is 0 Å². The Balaban J connectivity index is 2.47. The summed E-state index contributed by atoms with van der Waals surface area (Å²) >= 11 is 0. The monoisotopic (exact) mass is 217 g/mol. The molecule has 0 unspecified atom stereocenters. The smallest absolute Gasteiger partial charge is 0.221 e. The van der Waals surface area contributed by atoms with E-state index in [4.69, 9.17) is 9.47 Å². The molecule has 0 atom stereocenters. The minimum atomic E-state index is 0.182. The summed E-state index contributed by atoms with van der Waals surface area (Å²) in [6.45, 7) is 4.02. The van der Waals surface area contributed by atoms with Gasteiger partial charge in [0.15, 0.2) is 0 Å². The lowest BCUT2D eigenvalue weighted by Crippen LogP contribution is -2.05. The van der Waals surface area contributed by atoms with Crippen molar-refractivity contribution >= 4 is 10.8 Å². The average Bonchev–Trinajstić information content (AvgIpc) is 2.27. The van der Waals surface area contributed by atoms with Crippen molar-refractivity contribution in [2.75, 3.05) is 7.11 Å². The Morgan fingerprint density at radius 3 is 2.69 bits per heavy atom. The molecule has 0 aliphatic rings. The van der Waals surface area contributed by atoms with Crippen LogP contribution in [0.25, 0.3) is 10.8 Å². The quantitative estimate of drug-likeness (QED) is 0.791. The van der Waals surface area contributed by atoms with E-state index in [1.54, 1.807) is 13.3 Å². The largest absolute Gasteiger partial charge is 0.491 e. The first-order valence-corrected chi connectivity index (χ1v) is 5.30. The molecule has 2 aromatic rings. The van der Waals surface area contributed by atoms with Crippen molar-refractivity contribution in [2.45, 2.75) is 20.0 Å². The third-order valence-electron chi connectivity index (χ3n) is 2.26. The lowest BCUT2D eigenvalue weighted by Gasteiger charge is -2.11. The number of nitrogens with zero attached hydrogens (tertiary/aromatic N) is 1. The minimum absolute atomic E-state index is 0.182. The average molecular weight is 217 g/mol. The summed E-state index contributed by atoms with van der Waals surface area (Å²) in [7, 11) is 1.63. The summed E-state index contributed by atoms with van der Waals surface area (Å²) in [5.41, 5.74) is 0. The molecule has 1 heterocycles. The van der Waals surface area contributed by atoms with Crippen LogP contribution in [0.5, 0.6) is 11.6 Å². The normalized spacial score (nSPS) is 10.8. The maximum absolute atomic E-state index is 5.63. The Hall–Kier alpha value is -1.77. The van der Waals surface area contributed by atoms with Crippen molar-refractivity contribution in [3.63, 3.8) is 0 Å². The number of rotatable bonds is 3. The first-order valence-electron chi connectivity index (χ1n) is 5.30. The number of hydrogen-bond donors (Lipinski definition) is 0. The molecule has 0 fully saturated rings. The Kier molecular flexibility index (Phi) is 2.95. The molecule has 0 saturated heterocycles. The summed E-state index contributed by atoms with van der Waals surface area (Å²) in [5, 5.41) is 2.08. The Morgan fingerprint density at radius 2 is 2.00 bits per heavy atom. The van der Waals surface area contributed by atoms with Crippen LogP contribution >= 0.6 is 0 Å². The van der Waals surface area contributed by atoms with Gasteiger partial charge in [-0.1, -0.05) is 0 Å². The molecule has 0 aliphatic heterocycles. The molecule has 0 aliphatic carbocycles. The maximum Gasteiger partial charge on any atom is 0.221 e. The Bertz CT molecular complexity index is 494. The summed E-state index contributed by atoms with van der Waals surface area (Å²) in [6, 6.07) is 7.86. The number of pyridine rings is 1. The van der Waals surface area contributed by atoms with Crippen molar-refractivity contribution in [1.82, 2.24) is 4.98 Å². The van der Waals surface area contributed by atoms with Crippen molar-refractivity contribution in [1.29, 1.82) is 0 Å². The number of fused-ring (bicyclic) bond motifs is 1. The molecule has 84 valence electrons. The molecule has 0 radical (unpaired) electrons. The molecule has 0 spiro atoms. The van der Waals surface area contributed by atoms with Crippen LogP contribution < -0.4 is 9.47 Å². The molecule has 0 N–H and O–H groups in total. The number of hydrogen-bond acceptors (Lipinski definition) is 3. The highest BCUT2D eigenvalue weighted by atomic mass is 16.5. The van der Waals surface area contributed by atoms with E-state index in [2.05, 4.69) is 4.98 Å². The van der Waals surface area contributed by atoms with Crippen LogP contribution in [0.4, 0.5) is 0 Å². The van der Waals surface area contributed by atoms with Crippen LogP contribution in [-0.2, 0) is 0 Å². The van der Waals surface area contributed by atoms with Gasteiger partial charge in [-0.2, -0.15) is 0 Å². The maximum atomic E-state index is 5.63. The van der Waals surface area contributed by atoms with Crippen molar-refractivity contribution in [3.05, 3.63) is 30.5 Å². The standard InChI is InChI=1S/C13H15NO2/c1-9(2)16-11-4-5-12-10(8-11)6-7-14-13(12)15-3/h4-9H,1-3H3. The fourth-order valence-corrected chi connectivity index (χ4v) is 1.64. The Morgan fingerprint density at radius 1 is 1.19 bits per heavy atom. The third kappa shape index (κ3) is 2.08. The van der Waals surface area contributed by atoms with E-state index in [0.29, 0.717) is 5.88 Å². The first-order chi connectivity index (χ1) is 7.70. The SMILES string of the molecule is COc1nccc2cc(OC(C)C)ccc12. The Labute approximate surface area is 95.0 Å². The van der Waals surface area contributed by atoms with Crippen LogP contribution in [0.1, 0.15) is 13.8 Å². The highest BCUT2D eigenvalue weighted by molar-refractivity contribution is 5.87. The van der Waals surface area contributed by atoms with Gasteiger partial charge in [0.05, 0.1) is 13.2 Å². The molecule has 3 heteroatoms. The molecule has 16 heavy (non-hydrogen) atoms. The highest BCUT2D eigenvalue weighted by Crippen LogP contribution is 2.26. The summed E-state index contributed by atoms with van der Waals surface area (Å²) in [5.74, 6) is 1.52. The summed E-state index contributed by atoms with van der Waals surface area (Å²) in [4.78, 5) is 4.15. The van der Waals surface area contributed by atoms with Crippen LogP contribution in [0, 0.1) is 0 Å². The lowest BCUT2D eigenvalue weighted by molar-refractivity contribution is 0.243. The topological polar surface area (TPSA) is 31.4 Å². The van der Waals surface area contributed by atoms with Gasteiger partial charge >= 0.3 is 0 Å². The van der Waals surface area contributed by atoms with Gasteiger partial charge in [-0.15, -0.1) is 0 Å². The molecular formula is C13H15NO2. The van der Waals surface area contributed by atoms with E-state index in [1.807, 2.05) is 38.1 Å². The van der Waals surface area contributed by atoms with Crippen LogP contribution in [-0.4, -0.2) is 18.2 Å². The van der Waals surface area contributed by atoms with Gasteiger partial charge in [-0.3, -0.25) is 0 Å². The van der Waals surface area contributed by atoms with E-state index in [0.717, 1.165) is 16.5 Å². The van der Waals surface area contributed by atoms with E-state index in [9.17, 15) is 0 Å². The fraction of sp³-hybridized carbons (Fsp3) is 0.308. The molecule has 1 aromatic carbocycles. The fourth-order valence-electron chi connectivity index (χ4n) is 1.64. The molecule has 1 aromatic heterocycles. The van der Waals surface area contributed by atoms with Gasteiger partial charge < -0.3 is 9.47 Å². The number of methoxy groups -OCH3 is 1. The van der Waals surface area contributed by atoms with Crippen LogP contribution in [0.15, 0.2) is 30.5 Å². The van der Waals surface area contributed by atoms with Crippen LogP contribution in [0.3, 0.4) is 0 Å². The number of aromatic nitrogens is 1. The second-order valence-corrected chi connectivity index (χ2v) is 3.87. The van der Waals surface area contributed by atoms with Gasteiger partial charge in [0.1, 0.15) is 5.75 Å². The minimum Gasteiger partial charge on any atom is -0.491 e. The van der Waals surface area contributed by atoms with E-state index in [1.165, 1.54) is 0 Å². The van der Waals surface area contributed by atoms with E-state index in [-0.39, 0.29) is 6.10 Å². The van der Waals surface area contributed by atoms with Crippen molar-refractivity contribution in [3.8, 4) is 11.6 Å². The highest BCUT2D eigenvalue weighted by Gasteiger charge is 2.04. The molecule has 2 rings (SSSR count). The number of ether oxygens (including phenoxy) is 2. The predicted molar refractivity (Wildman–Crippen MR) is 64.1 cm³/mol. The van der Waals surface area contributed by atoms with Gasteiger partial charge in [-0.25, -0.2) is 4.98 Å². The lowest BCUT2D eigenvalue weighted by atomic mass is 10.1.